The van der Waals surface area contributed by atoms with Crippen LogP contribution in [0.5, 0.6) is 5.75 Å². The predicted octanol–water partition coefficient (Wildman–Crippen LogP) is 1.87. The molecule has 1 aliphatic rings. The summed E-state index contributed by atoms with van der Waals surface area (Å²) in [5.41, 5.74) is -0.115. The number of non-ortho nitro benzene ring substituents is 1. The summed E-state index contributed by atoms with van der Waals surface area (Å²) < 4.78 is 5.54. The molecule has 1 fully saturated rings. The van der Waals surface area contributed by atoms with Crippen LogP contribution in [-0.4, -0.2) is 47.4 Å². The van der Waals surface area contributed by atoms with Gasteiger partial charge < -0.3 is 15.4 Å². The second kappa shape index (κ2) is 8.82. The van der Waals surface area contributed by atoms with Gasteiger partial charge in [-0.05, 0) is 49.2 Å². The van der Waals surface area contributed by atoms with E-state index >= 15 is 0 Å². The molecule has 10 nitrogen and oxygen atoms in total. The van der Waals surface area contributed by atoms with Crippen LogP contribution in [0, 0.1) is 17.0 Å². The fraction of sp³-hybridized carbons (Fsp3) is 0.286. The summed E-state index contributed by atoms with van der Waals surface area (Å²) in [6.45, 7) is 3.42. The number of ether oxygens (including phenoxy) is 1. The molecule has 2 aromatic rings. The minimum atomic E-state index is -1.42. The largest absolute Gasteiger partial charge is 0.492 e. The van der Waals surface area contributed by atoms with E-state index in [2.05, 4.69) is 10.6 Å². The van der Waals surface area contributed by atoms with Crippen molar-refractivity contribution >= 4 is 23.5 Å². The number of amides is 4. The number of nitrogens with one attached hydrogen (secondary N) is 2. The van der Waals surface area contributed by atoms with Crippen molar-refractivity contribution in [3.05, 3.63) is 69.8 Å². The highest BCUT2D eigenvalue weighted by atomic mass is 16.6. The Morgan fingerprint density at radius 1 is 1.23 bits per heavy atom. The van der Waals surface area contributed by atoms with E-state index in [4.69, 9.17) is 4.74 Å². The first kappa shape index (κ1) is 21.8. The zero-order valence-electron chi connectivity index (χ0n) is 17.1. The van der Waals surface area contributed by atoms with Gasteiger partial charge in [-0.3, -0.25) is 24.6 Å². The van der Waals surface area contributed by atoms with Crippen molar-refractivity contribution in [1.29, 1.82) is 0 Å². The summed E-state index contributed by atoms with van der Waals surface area (Å²) >= 11 is 0. The van der Waals surface area contributed by atoms with Gasteiger partial charge in [-0.25, -0.2) is 4.79 Å². The molecular formula is C21H22N4O6. The molecule has 0 aliphatic carbocycles. The SMILES string of the molecule is Cc1cccc(OCCNC(=O)CN2C(=O)NC(C)(c3ccc([N+](=O)[O-])cc3)C2=O)c1. The van der Waals surface area contributed by atoms with Crippen molar-refractivity contribution in [3.63, 3.8) is 0 Å². The Balaban J connectivity index is 1.55. The normalized spacial score (nSPS) is 17.9. The number of hydrogen-bond acceptors (Lipinski definition) is 6. The Morgan fingerprint density at radius 3 is 2.58 bits per heavy atom. The number of nitrogens with zero attached hydrogens (tertiary/aromatic N) is 2. The van der Waals surface area contributed by atoms with Gasteiger partial charge in [0.15, 0.2) is 0 Å². The van der Waals surface area contributed by atoms with E-state index in [1.165, 1.54) is 31.2 Å². The van der Waals surface area contributed by atoms with Gasteiger partial charge in [-0.2, -0.15) is 0 Å². The lowest BCUT2D eigenvalue weighted by Gasteiger charge is -2.22. The lowest BCUT2D eigenvalue weighted by molar-refractivity contribution is -0.384. The average Bonchev–Trinajstić information content (AvgIpc) is 2.95. The number of carbonyl (C=O) groups excluding carboxylic acids is 3. The Labute approximate surface area is 178 Å². The van der Waals surface area contributed by atoms with Crippen molar-refractivity contribution in [2.24, 2.45) is 0 Å². The van der Waals surface area contributed by atoms with Gasteiger partial charge in [-0.15, -0.1) is 0 Å². The third-order valence-electron chi connectivity index (χ3n) is 4.91. The molecule has 1 unspecified atom stereocenters. The lowest BCUT2D eigenvalue weighted by atomic mass is 9.92. The average molecular weight is 426 g/mol. The lowest BCUT2D eigenvalue weighted by Crippen LogP contribution is -2.43. The molecule has 1 atom stereocenters. The van der Waals surface area contributed by atoms with Crippen LogP contribution in [0.3, 0.4) is 0 Å². The number of hydrogen-bond donors (Lipinski definition) is 2. The molecule has 0 aromatic heterocycles. The van der Waals surface area contributed by atoms with Crippen molar-refractivity contribution in [2.45, 2.75) is 19.4 Å². The maximum atomic E-state index is 12.8. The molecular weight excluding hydrogens is 404 g/mol. The van der Waals surface area contributed by atoms with Crippen LogP contribution in [0.2, 0.25) is 0 Å². The number of urea groups is 1. The standard InChI is InChI=1S/C21H22N4O6/c1-14-4-3-5-17(12-14)31-11-10-22-18(26)13-24-19(27)21(2,23-20(24)28)15-6-8-16(9-7-15)25(29)30/h3-9,12H,10-11,13H2,1-2H3,(H,22,26)(H,23,28). The number of carbonyl (C=O) groups is 3. The van der Waals surface area contributed by atoms with Crippen LogP contribution in [0.1, 0.15) is 18.1 Å². The highest BCUT2D eigenvalue weighted by Crippen LogP contribution is 2.29. The minimum absolute atomic E-state index is 0.131. The number of benzene rings is 2. The molecule has 10 heteroatoms. The van der Waals surface area contributed by atoms with E-state index in [9.17, 15) is 24.5 Å². The van der Waals surface area contributed by atoms with Gasteiger partial charge in [0, 0.05) is 12.1 Å². The summed E-state index contributed by atoms with van der Waals surface area (Å²) in [6.07, 6.45) is 0. The van der Waals surface area contributed by atoms with Crippen LogP contribution in [0.4, 0.5) is 10.5 Å². The Hall–Kier alpha value is -3.95. The Bertz CT molecular complexity index is 1020. The van der Waals surface area contributed by atoms with Crippen LogP contribution in [0.15, 0.2) is 48.5 Å². The first-order valence-corrected chi connectivity index (χ1v) is 9.56. The first-order chi connectivity index (χ1) is 14.7. The summed E-state index contributed by atoms with van der Waals surface area (Å²) in [4.78, 5) is 48.4. The third kappa shape index (κ3) is 4.80. The summed E-state index contributed by atoms with van der Waals surface area (Å²) in [6, 6.07) is 12.1. The van der Waals surface area contributed by atoms with E-state index in [1.807, 2.05) is 25.1 Å². The highest BCUT2D eigenvalue weighted by Gasteiger charge is 2.49. The number of rotatable bonds is 8. The van der Waals surface area contributed by atoms with Gasteiger partial charge >= 0.3 is 6.03 Å². The van der Waals surface area contributed by atoms with E-state index in [-0.39, 0.29) is 18.8 Å². The molecule has 0 bridgehead atoms. The Kier molecular flexibility index (Phi) is 6.19. The van der Waals surface area contributed by atoms with Crippen LogP contribution >= 0.6 is 0 Å². The smallest absolute Gasteiger partial charge is 0.325 e. The quantitative estimate of drug-likeness (QED) is 0.287. The van der Waals surface area contributed by atoms with Crippen LogP contribution < -0.4 is 15.4 Å². The second-order valence-corrected chi connectivity index (χ2v) is 7.27. The highest BCUT2D eigenvalue weighted by molar-refractivity contribution is 6.09. The molecule has 162 valence electrons. The van der Waals surface area contributed by atoms with Crippen molar-refractivity contribution < 1.29 is 24.0 Å². The van der Waals surface area contributed by atoms with E-state index in [0.717, 1.165) is 10.5 Å². The topological polar surface area (TPSA) is 131 Å². The fourth-order valence-electron chi connectivity index (χ4n) is 3.22. The van der Waals surface area contributed by atoms with Crippen LogP contribution in [-0.2, 0) is 15.1 Å². The molecule has 1 heterocycles. The van der Waals surface area contributed by atoms with Gasteiger partial charge in [0.1, 0.15) is 24.4 Å². The number of imide groups is 1. The number of nitro groups is 1. The van der Waals surface area contributed by atoms with Crippen molar-refractivity contribution in [2.75, 3.05) is 19.7 Å². The first-order valence-electron chi connectivity index (χ1n) is 9.56. The van der Waals surface area contributed by atoms with Gasteiger partial charge in [-0.1, -0.05) is 12.1 Å². The zero-order chi connectivity index (χ0) is 22.6. The number of aryl methyl sites for hydroxylation is 1. The monoisotopic (exact) mass is 426 g/mol. The fourth-order valence-corrected chi connectivity index (χ4v) is 3.22. The number of nitro benzene ring substituents is 1. The molecule has 0 saturated carbocycles. The van der Waals surface area contributed by atoms with Gasteiger partial charge in [0.05, 0.1) is 11.5 Å². The molecule has 1 saturated heterocycles. The van der Waals surface area contributed by atoms with Crippen molar-refractivity contribution in [3.8, 4) is 5.75 Å². The molecule has 3 rings (SSSR count). The molecule has 1 aliphatic heterocycles. The van der Waals surface area contributed by atoms with Gasteiger partial charge in [0.2, 0.25) is 5.91 Å². The van der Waals surface area contributed by atoms with E-state index in [0.29, 0.717) is 11.3 Å². The summed E-state index contributed by atoms with van der Waals surface area (Å²) in [5, 5.41) is 16.0. The maximum Gasteiger partial charge on any atom is 0.325 e. The minimum Gasteiger partial charge on any atom is -0.492 e. The Morgan fingerprint density at radius 2 is 1.94 bits per heavy atom. The second-order valence-electron chi connectivity index (χ2n) is 7.27. The molecule has 4 amide bonds. The van der Waals surface area contributed by atoms with Crippen LogP contribution in [0.25, 0.3) is 0 Å². The van der Waals surface area contributed by atoms with E-state index < -0.39 is 34.9 Å². The predicted molar refractivity (Wildman–Crippen MR) is 110 cm³/mol. The van der Waals surface area contributed by atoms with E-state index in [1.54, 1.807) is 6.07 Å². The molecule has 0 radical (unpaired) electrons. The molecule has 0 spiro atoms. The third-order valence-corrected chi connectivity index (χ3v) is 4.91. The maximum absolute atomic E-state index is 12.8. The van der Waals surface area contributed by atoms with Crippen molar-refractivity contribution in [1.82, 2.24) is 15.5 Å². The molecule has 31 heavy (non-hydrogen) atoms. The molecule has 2 N–H and O–H groups in total. The molecule has 2 aromatic carbocycles. The zero-order valence-corrected chi connectivity index (χ0v) is 17.1. The summed E-state index contributed by atoms with van der Waals surface area (Å²) in [7, 11) is 0. The van der Waals surface area contributed by atoms with Gasteiger partial charge in [0.25, 0.3) is 11.6 Å². The summed E-state index contributed by atoms with van der Waals surface area (Å²) in [5.74, 6) is -0.441.